The lowest BCUT2D eigenvalue weighted by atomic mass is 9.94. The molecule has 0 bridgehead atoms. The zero-order valence-electron chi connectivity index (χ0n) is 14.5. The lowest BCUT2D eigenvalue weighted by molar-refractivity contribution is -0.123. The molecule has 0 aliphatic carbocycles. The molecule has 1 aromatic rings. The molecule has 3 nitrogen and oxygen atoms in total. The van der Waals surface area contributed by atoms with Crippen molar-refractivity contribution in [3.05, 3.63) is 35.4 Å². The van der Waals surface area contributed by atoms with Gasteiger partial charge in [0.15, 0.2) is 0 Å². The van der Waals surface area contributed by atoms with Gasteiger partial charge in [-0.1, -0.05) is 51.5 Å². The second-order valence-electron chi connectivity index (χ2n) is 6.08. The van der Waals surface area contributed by atoms with E-state index in [2.05, 4.69) is 50.4 Å². The minimum atomic E-state index is 0.0576. The quantitative estimate of drug-likeness (QED) is 0.656. The van der Waals surface area contributed by atoms with Crippen LogP contribution in [-0.4, -0.2) is 19.1 Å². The number of ether oxygens (including phenoxy) is 1. The Morgan fingerprint density at radius 1 is 1.18 bits per heavy atom. The Labute approximate surface area is 135 Å². The highest BCUT2D eigenvalue weighted by Crippen LogP contribution is 2.22. The number of nitrogens with one attached hydrogen (secondary N) is 1. The van der Waals surface area contributed by atoms with Crippen molar-refractivity contribution >= 4 is 5.91 Å². The van der Waals surface area contributed by atoms with Gasteiger partial charge in [-0.15, -0.1) is 0 Å². The number of benzene rings is 1. The van der Waals surface area contributed by atoms with Gasteiger partial charge in [0.2, 0.25) is 5.91 Å². The van der Waals surface area contributed by atoms with E-state index in [1.165, 1.54) is 24.0 Å². The molecule has 0 saturated carbocycles. The van der Waals surface area contributed by atoms with Crippen molar-refractivity contribution in [2.45, 2.75) is 59.4 Å². The molecule has 0 aliphatic rings. The smallest absolute Gasteiger partial charge is 0.222 e. The summed E-state index contributed by atoms with van der Waals surface area (Å²) in [5, 5.41) is 3.14. The number of hydrogen-bond donors (Lipinski definition) is 1. The fourth-order valence-corrected chi connectivity index (χ4v) is 2.46. The fourth-order valence-electron chi connectivity index (χ4n) is 2.46. The monoisotopic (exact) mass is 305 g/mol. The molecule has 0 spiro atoms. The average Bonchev–Trinajstić information content (AvgIpc) is 2.51. The maximum atomic E-state index is 12.0. The molecule has 22 heavy (non-hydrogen) atoms. The maximum absolute atomic E-state index is 12.0. The summed E-state index contributed by atoms with van der Waals surface area (Å²) < 4.78 is 5.24. The van der Waals surface area contributed by atoms with E-state index in [1.807, 2.05) is 6.92 Å². The molecular formula is C19H31NO2. The van der Waals surface area contributed by atoms with Crippen molar-refractivity contribution < 1.29 is 9.53 Å². The molecule has 3 heteroatoms. The molecular weight excluding hydrogens is 274 g/mol. The summed E-state index contributed by atoms with van der Waals surface area (Å²) in [4.78, 5) is 12.0. The summed E-state index contributed by atoms with van der Waals surface area (Å²) in [5.41, 5.74) is 2.55. The van der Waals surface area contributed by atoms with Gasteiger partial charge in [-0.05, 0) is 36.8 Å². The Kier molecular flexibility index (Phi) is 8.83. The molecule has 0 aliphatic heterocycles. The van der Waals surface area contributed by atoms with Crippen LogP contribution in [0, 0.1) is 5.92 Å². The number of hydrogen-bond acceptors (Lipinski definition) is 2. The fraction of sp³-hybridized carbons (Fsp3) is 0.632. The van der Waals surface area contributed by atoms with Crippen LogP contribution in [0.5, 0.6) is 0 Å². The largest absolute Gasteiger partial charge is 0.381 e. The highest BCUT2D eigenvalue weighted by atomic mass is 16.5. The van der Waals surface area contributed by atoms with Crippen molar-refractivity contribution in [2.75, 3.05) is 13.2 Å². The van der Waals surface area contributed by atoms with E-state index in [-0.39, 0.29) is 11.9 Å². The maximum Gasteiger partial charge on any atom is 0.222 e. The van der Waals surface area contributed by atoms with Crippen molar-refractivity contribution in [3.63, 3.8) is 0 Å². The third-order valence-electron chi connectivity index (χ3n) is 3.82. The van der Waals surface area contributed by atoms with Gasteiger partial charge in [-0.3, -0.25) is 4.79 Å². The van der Waals surface area contributed by atoms with E-state index in [1.54, 1.807) is 0 Å². The highest BCUT2D eigenvalue weighted by Gasteiger charge is 2.18. The molecule has 0 fully saturated rings. The van der Waals surface area contributed by atoms with Gasteiger partial charge in [-0.2, -0.15) is 0 Å². The third kappa shape index (κ3) is 6.61. The van der Waals surface area contributed by atoms with Crippen LogP contribution in [0.25, 0.3) is 0 Å². The van der Waals surface area contributed by atoms with E-state index in [9.17, 15) is 4.79 Å². The van der Waals surface area contributed by atoms with Crippen molar-refractivity contribution in [1.82, 2.24) is 5.32 Å². The predicted octanol–water partition coefficient (Wildman–Crippen LogP) is 4.27. The number of carbonyl (C=O) groups excluding carboxylic acids is 1. The summed E-state index contributed by atoms with van der Waals surface area (Å²) >= 11 is 0. The first kappa shape index (κ1) is 18.7. The Bertz CT molecular complexity index is 426. The van der Waals surface area contributed by atoms with Gasteiger partial charge in [0, 0.05) is 13.0 Å². The standard InChI is InChI=1S/C19H31NO2/c1-5-7-8-16-9-11-17(12-10-16)19(15(3)4)20-18(21)13-14-22-6-2/h9-12,15,19H,5-8,13-14H2,1-4H3,(H,20,21). The molecule has 0 radical (unpaired) electrons. The number of amides is 1. The normalized spacial score (nSPS) is 12.4. The van der Waals surface area contributed by atoms with Crippen LogP contribution in [-0.2, 0) is 16.0 Å². The highest BCUT2D eigenvalue weighted by molar-refractivity contribution is 5.76. The van der Waals surface area contributed by atoms with Crippen LogP contribution in [0.4, 0.5) is 0 Å². The summed E-state index contributed by atoms with van der Waals surface area (Å²) in [6.07, 6.45) is 3.99. The second-order valence-corrected chi connectivity index (χ2v) is 6.08. The van der Waals surface area contributed by atoms with E-state index >= 15 is 0 Å². The zero-order valence-corrected chi connectivity index (χ0v) is 14.5. The Hall–Kier alpha value is -1.35. The number of carbonyl (C=O) groups is 1. The SMILES string of the molecule is CCCCc1ccc(C(NC(=O)CCOCC)C(C)C)cc1. The minimum absolute atomic E-state index is 0.0576. The van der Waals surface area contributed by atoms with Gasteiger partial charge >= 0.3 is 0 Å². The lowest BCUT2D eigenvalue weighted by Crippen LogP contribution is -2.32. The van der Waals surface area contributed by atoms with Gasteiger partial charge in [-0.25, -0.2) is 0 Å². The Morgan fingerprint density at radius 2 is 1.86 bits per heavy atom. The van der Waals surface area contributed by atoms with Gasteiger partial charge in [0.05, 0.1) is 12.6 Å². The van der Waals surface area contributed by atoms with E-state index in [4.69, 9.17) is 4.74 Å². The molecule has 1 atom stereocenters. The molecule has 1 unspecified atom stereocenters. The summed E-state index contributed by atoms with van der Waals surface area (Å²) in [6.45, 7) is 9.57. The molecule has 0 aromatic heterocycles. The molecule has 0 heterocycles. The first-order valence-corrected chi connectivity index (χ1v) is 8.54. The Balaban J connectivity index is 2.64. The van der Waals surface area contributed by atoms with Gasteiger partial charge in [0.25, 0.3) is 0 Å². The topological polar surface area (TPSA) is 38.3 Å². The van der Waals surface area contributed by atoms with Crippen LogP contribution in [0.2, 0.25) is 0 Å². The van der Waals surface area contributed by atoms with E-state index in [0.29, 0.717) is 25.6 Å². The van der Waals surface area contributed by atoms with Crippen LogP contribution < -0.4 is 5.32 Å². The molecule has 124 valence electrons. The van der Waals surface area contributed by atoms with Crippen LogP contribution >= 0.6 is 0 Å². The van der Waals surface area contributed by atoms with Crippen LogP contribution in [0.1, 0.15) is 64.1 Å². The first-order chi connectivity index (χ1) is 10.6. The minimum Gasteiger partial charge on any atom is -0.381 e. The molecule has 1 aromatic carbocycles. The van der Waals surface area contributed by atoms with Crippen LogP contribution in [0.3, 0.4) is 0 Å². The van der Waals surface area contributed by atoms with Crippen molar-refractivity contribution in [2.24, 2.45) is 5.92 Å². The first-order valence-electron chi connectivity index (χ1n) is 8.54. The average molecular weight is 305 g/mol. The summed E-state index contributed by atoms with van der Waals surface area (Å²) in [6, 6.07) is 8.74. The van der Waals surface area contributed by atoms with Crippen molar-refractivity contribution in [1.29, 1.82) is 0 Å². The number of rotatable bonds is 10. The van der Waals surface area contributed by atoms with E-state index in [0.717, 1.165) is 6.42 Å². The van der Waals surface area contributed by atoms with Gasteiger partial charge < -0.3 is 10.1 Å². The van der Waals surface area contributed by atoms with E-state index < -0.39 is 0 Å². The number of unbranched alkanes of at least 4 members (excludes halogenated alkanes) is 1. The Morgan fingerprint density at radius 3 is 2.41 bits per heavy atom. The zero-order chi connectivity index (χ0) is 16.4. The molecule has 1 rings (SSSR count). The molecule has 1 N–H and O–H groups in total. The molecule has 0 saturated heterocycles. The predicted molar refractivity (Wildman–Crippen MR) is 91.9 cm³/mol. The van der Waals surface area contributed by atoms with Crippen LogP contribution in [0.15, 0.2) is 24.3 Å². The lowest BCUT2D eigenvalue weighted by Gasteiger charge is -2.23. The third-order valence-corrected chi connectivity index (χ3v) is 3.82. The summed E-state index contributed by atoms with van der Waals surface area (Å²) in [5.74, 6) is 0.416. The number of aryl methyl sites for hydroxylation is 1. The van der Waals surface area contributed by atoms with Crippen molar-refractivity contribution in [3.8, 4) is 0 Å². The van der Waals surface area contributed by atoms with Gasteiger partial charge in [0.1, 0.15) is 0 Å². The summed E-state index contributed by atoms with van der Waals surface area (Å²) in [7, 11) is 0. The second kappa shape index (κ2) is 10.4. The molecule has 1 amide bonds.